The minimum Gasteiger partial charge on any atom is -0.388 e. The number of rotatable bonds is 8. The zero-order chi connectivity index (χ0) is 24.4. The number of aldehydes is 1. The molecule has 0 saturated carbocycles. The number of nitrogens with zero attached hydrogens (tertiary/aromatic N) is 1. The van der Waals surface area contributed by atoms with E-state index in [-0.39, 0.29) is 11.6 Å². The van der Waals surface area contributed by atoms with Gasteiger partial charge in [0.05, 0.1) is 4.90 Å². The lowest BCUT2D eigenvalue weighted by atomic mass is 9.99. The number of aromatic nitrogens is 1. The van der Waals surface area contributed by atoms with Gasteiger partial charge in [-0.1, -0.05) is 25.1 Å². The van der Waals surface area contributed by atoms with E-state index in [0.29, 0.717) is 22.6 Å². The summed E-state index contributed by atoms with van der Waals surface area (Å²) in [6, 6.07) is 15.8. The molecule has 0 aliphatic heterocycles. The number of nitrogens with one attached hydrogen (secondary N) is 3. The van der Waals surface area contributed by atoms with Crippen molar-refractivity contribution in [3.63, 3.8) is 0 Å². The molecule has 0 radical (unpaired) electrons. The Kier molecular flexibility index (Phi) is 9.29. The summed E-state index contributed by atoms with van der Waals surface area (Å²) in [7, 11) is 0.370. The van der Waals surface area contributed by atoms with Crippen LogP contribution >= 0.6 is 0 Å². The van der Waals surface area contributed by atoms with Gasteiger partial charge < -0.3 is 24.7 Å². The predicted octanol–water partition coefficient (Wildman–Crippen LogP) is 4.59. The number of aryl methyl sites for hydroxylation is 1. The molecule has 1 heterocycles. The number of alkyl halides is 1. The van der Waals surface area contributed by atoms with Gasteiger partial charge in [-0.2, -0.15) is 0 Å². The van der Waals surface area contributed by atoms with Gasteiger partial charge in [-0.3, -0.25) is 9.18 Å². The molecule has 10 heteroatoms. The van der Waals surface area contributed by atoms with Crippen LogP contribution in [0.15, 0.2) is 64.0 Å². The van der Waals surface area contributed by atoms with Crippen molar-refractivity contribution >= 4 is 40.2 Å². The highest BCUT2D eigenvalue weighted by Crippen LogP contribution is 2.19. The maximum atomic E-state index is 12.5. The lowest BCUT2D eigenvalue weighted by Crippen LogP contribution is -2.14. The van der Waals surface area contributed by atoms with Gasteiger partial charge in [0.1, 0.15) is 29.7 Å². The molecule has 0 fully saturated rings. The van der Waals surface area contributed by atoms with Crippen LogP contribution in [0.2, 0.25) is 0 Å². The van der Waals surface area contributed by atoms with Crippen molar-refractivity contribution in [1.29, 1.82) is 0 Å². The molecule has 0 bridgehead atoms. The van der Waals surface area contributed by atoms with E-state index >= 15 is 0 Å². The van der Waals surface area contributed by atoms with Crippen LogP contribution in [0.4, 0.5) is 21.5 Å². The smallest absolute Gasteiger partial charge is 0.277 e. The minimum absolute atomic E-state index is 0.191. The summed E-state index contributed by atoms with van der Waals surface area (Å²) in [5.41, 5.74) is 1.65. The molecule has 2 aromatic carbocycles. The van der Waals surface area contributed by atoms with Crippen molar-refractivity contribution in [2.75, 3.05) is 29.1 Å². The molecule has 8 nitrogen and oxygen atoms in total. The summed E-state index contributed by atoms with van der Waals surface area (Å²) in [5.74, 6) is 0.166. The number of carbonyl (C=O) groups is 2. The fraction of sp³-hybridized carbons (Fsp3) is 0.261. The number of hydrogen-bond donors (Lipinski definition) is 3. The Bertz CT molecular complexity index is 1100. The Balaban J connectivity index is 0.000000479. The molecule has 3 N–H and O–H groups in total. The van der Waals surface area contributed by atoms with Crippen molar-refractivity contribution < 1.29 is 22.7 Å². The van der Waals surface area contributed by atoms with E-state index in [4.69, 9.17) is 4.52 Å². The van der Waals surface area contributed by atoms with Crippen molar-refractivity contribution in [3.05, 3.63) is 66.1 Å². The van der Waals surface area contributed by atoms with Crippen molar-refractivity contribution in [2.24, 2.45) is 5.41 Å². The van der Waals surface area contributed by atoms with Crippen LogP contribution in [0.1, 0.15) is 30.1 Å². The highest BCUT2D eigenvalue weighted by molar-refractivity contribution is 7.86. The number of halogens is 1. The lowest BCUT2D eigenvalue weighted by Gasteiger charge is -2.09. The average molecular weight is 475 g/mol. The molecular formula is C23H27FN4O4S. The summed E-state index contributed by atoms with van der Waals surface area (Å²) in [5, 5.41) is 9.41. The summed E-state index contributed by atoms with van der Waals surface area (Å²) in [6.07, 6.45) is 0.618. The Labute approximate surface area is 194 Å². The van der Waals surface area contributed by atoms with Crippen LogP contribution in [0.3, 0.4) is 0 Å². The third kappa shape index (κ3) is 8.15. The Morgan fingerprint density at radius 2 is 1.79 bits per heavy atom. The van der Waals surface area contributed by atoms with E-state index in [9.17, 15) is 18.2 Å². The number of hydrogen-bond acceptors (Lipinski definition) is 6. The van der Waals surface area contributed by atoms with Gasteiger partial charge in [0.2, 0.25) is 0 Å². The van der Waals surface area contributed by atoms with Crippen LogP contribution < -0.4 is 15.4 Å². The Hall–Kier alpha value is -3.53. The second-order valence-corrected chi connectivity index (χ2v) is 8.96. The maximum absolute atomic E-state index is 12.5. The fourth-order valence-corrected chi connectivity index (χ4v) is 3.16. The van der Waals surface area contributed by atoms with Gasteiger partial charge in [0.25, 0.3) is 5.91 Å². The normalized spacial score (nSPS) is 11.5. The first-order valence-corrected chi connectivity index (χ1v) is 11.2. The number of benzene rings is 2. The van der Waals surface area contributed by atoms with Gasteiger partial charge in [-0.05, 0) is 49.4 Å². The van der Waals surface area contributed by atoms with Crippen molar-refractivity contribution in [2.45, 2.75) is 25.7 Å². The molecule has 0 saturated heterocycles. The van der Waals surface area contributed by atoms with Crippen molar-refractivity contribution in [3.8, 4) is 0 Å². The average Bonchev–Trinajstić information content (AvgIpc) is 3.26. The third-order valence-corrected chi connectivity index (χ3v) is 5.32. The molecule has 0 aliphatic carbocycles. The van der Waals surface area contributed by atoms with Crippen LogP contribution in [0.5, 0.6) is 0 Å². The number of anilines is 3. The monoisotopic (exact) mass is 474 g/mol. The van der Waals surface area contributed by atoms with E-state index < -0.39 is 23.1 Å². The topological polar surface area (TPSA) is 113 Å². The minimum atomic E-state index is -1.46. The first kappa shape index (κ1) is 25.7. The fourth-order valence-electron chi connectivity index (χ4n) is 2.26. The molecule has 1 atom stereocenters. The summed E-state index contributed by atoms with van der Waals surface area (Å²) in [4.78, 5) is 22.5. The van der Waals surface area contributed by atoms with Crippen LogP contribution in [0.25, 0.3) is 0 Å². The second-order valence-electron chi connectivity index (χ2n) is 7.74. The molecule has 3 rings (SSSR count). The summed E-state index contributed by atoms with van der Waals surface area (Å²) < 4.78 is 31.9. The molecule has 33 heavy (non-hydrogen) atoms. The van der Waals surface area contributed by atoms with E-state index in [1.165, 1.54) is 0 Å². The van der Waals surface area contributed by atoms with Gasteiger partial charge in [-0.25, -0.2) is 4.21 Å². The molecule has 0 aliphatic rings. The third-order valence-electron chi connectivity index (χ3n) is 4.21. The molecule has 176 valence electrons. The second kappa shape index (κ2) is 11.9. The molecule has 1 amide bonds. The van der Waals surface area contributed by atoms with Gasteiger partial charge >= 0.3 is 0 Å². The van der Waals surface area contributed by atoms with Crippen LogP contribution in [0, 0.1) is 12.3 Å². The molecule has 1 unspecified atom stereocenters. The molecule has 3 aromatic rings. The van der Waals surface area contributed by atoms with Gasteiger partial charge in [0.15, 0.2) is 5.69 Å². The van der Waals surface area contributed by atoms with E-state index in [0.717, 1.165) is 11.4 Å². The predicted molar refractivity (Wildman–Crippen MR) is 127 cm³/mol. The van der Waals surface area contributed by atoms with E-state index in [2.05, 4.69) is 20.5 Å². The first-order valence-electron chi connectivity index (χ1n) is 10.0. The summed E-state index contributed by atoms with van der Waals surface area (Å²) >= 11 is 0. The van der Waals surface area contributed by atoms with Crippen LogP contribution in [-0.2, 0) is 15.8 Å². The molecular weight excluding hydrogens is 447 g/mol. The highest BCUT2D eigenvalue weighted by atomic mass is 32.2. The summed E-state index contributed by atoms with van der Waals surface area (Å²) in [6.45, 7) is 4.25. The van der Waals surface area contributed by atoms with Gasteiger partial charge in [-0.15, -0.1) is 0 Å². The lowest BCUT2D eigenvalue weighted by molar-refractivity contribution is -0.115. The first-order chi connectivity index (χ1) is 15.7. The number of carbonyl (C=O) groups excluding carboxylic acids is 2. The van der Waals surface area contributed by atoms with Crippen molar-refractivity contribution in [1.82, 2.24) is 5.16 Å². The zero-order valence-electron chi connectivity index (χ0n) is 18.8. The van der Waals surface area contributed by atoms with Crippen LogP contribution in [-0.4, -0.2) is 35.3 Å². The Morgan fingerprint density at radius 1 is 1.12 bits per heavy atom. The van der Waals surface area contributed by atoms with Gasteiger partial charge in [0, 0.05) is 35.6 Å². The molecule has 1 aromatic heterocycles. The van der Waals surface area contributed by atoms with E-state index in [1.54, 1.807) is 51.1 Å². The number of amides is 1. The quantitative estimate of drug-likeness (QED) is 0.412. The largest absolute Gasteiger partial charge is 0.388 e. The maximum Gasteiger partial charge on any atom is 0.277 e. The standard InChI is InChI=1S/C18H18N4O3S.C5H9FO/c1-12-10-17(21-25-12)18(23)20-15-4-3-5-16(11-15)26(24)22-14-8-6-13(19-2)7-9-14;1-5(2,3-6)4-7/h3-11,19,22H,1-2H3,(H,20,23);4H,3H2,1-2H3. The SMILES string of the molecule is CC(C)(C=O)CF.CNc1ccc(NS(=O)c2cccc(NC(=O)c3cc(C)on3)c2)cc1. The zero-order valence-corrected chi connectivity index (χ0v) is 19.7. The highest BCUT2D eigenvalue weighted by Gasteiger charge is 2.14. The molecule has 0 spiro atoms. The van der Waals surface area contributed by atoms with E-state index in [1.807, 2.05) is 31.3 Å². The Morgan fingerprint density at radius 3 is 2.30 bits per heavy atom.